The molecular weight excluding hydrogens is 418 g/mol. The van der Waals surface area contributed by atoms with Crippen LogP contribution in [0.2, 0.25) is 0 Å². The standard InChI is InChI=1S/C25H35N5O3/c1-17-15-23(21-5-3-4-6-22(21)27-17)29-25(32)26-12-14-30-13-11-19(16-30)28-24(31)18-7-9-20(33-2)10-8-18/h3-6,15,18-20H,7-14,16H2,1-2H3,(H,28,31)(H2,26,27,29,32). The Labute approximate surface area is 195 Å². The van der Waals surface area contributed by atoms with E-state index in [2.05, 4.69) is 25.8 Å². The van der Waals surface area contributed by atoms with Crippen LogP contribution in [0.15, 0.2) is 30.3 Å². The van der Waals surface area contributed by atoms with E-state index in [4.69, 9.17) is 4.74 Å². The minimum Gasteiger partial charge on any atom is -0.381 e. The molecule has 0 radical (unpaired) electrons. The van der Waals surface area contributed by atoms with Crippen molar-refractivity contribution in [3.8, 4) is 0 Å². The van der Waals surface area contributed by atoms with Crippen molar-refractivity contribution in [3.63, 3.8) is 0 Å². The molecule has 1 saturated heterocycles. The summed E-state index contributed by atoms with van der Waals surface area (Å²) in [6, 6.07) is 9.64. The molecule has 2 fully saturated rings. The van der Waals surface area contributed by atoms with Crippen molar-refractivity contribution in [1.82, 2.24) is 20.5 Å². The van der Waals surface area contributed by atoms with Gasteiger partial charge in [0.15, 0.2) is 0 Å². The number of carbonyl (C=O) groups excluding carboxylic acids is 2. The second kappa shape index (κ2) is 10.9. The number of para-hydroxylation sites is 1. The molecule has 1 aromatic heterocycles. The Morgan fingerprint density at radius 3 is 2.73 bits per heavy atom. The Morgan fingerprint density at radius 2 is 1.94 bits per heavy atom. The summed E-state index contributed by atoms with van der Waals surface area (Å²) >= 11 is 0. The molecular formula is C25H35N5O3. The summed E-state index contributed by atoms with van der Waals surface area (Å²) in [7, 11) is 1.75. The lowest BCUT2D eigenvalue weighted by Crippen LogP contribution is -2.42. The van der Waals surface area contributed by atoms with Gasteiger partial charge in [0.05, 0.1) is 17.3 Å². The lowest BCUT2D eigenvalue weighted by atomic mass is 9.86. The number of nitrogens with zero attached hydrogens (tertiary/aromatic N) is 2. The van der Waals surface area contributed by atoms with E-state index in [1.165, 1.54) is 0 Å². The molecule has 8 heteroatoms. The van der Waals surface area contributed by atoms with Gasteiger partial charge in [0.2, 0.25) is 5.91 Å². The number of hydrogen-bond acceptors (Lipinski definition) is 5. The van der Waals surface area contributed by atoms with Crippen LogP contribution in [-0.2, 0) is 9.53 Å². The Hall–Kier alpha value is -2.71. The van der Waals surface area contributed by atoms with Crippen LogP contribution in [0.5, 0.6) is 0 Å². The summed E-state index contributed by atoms with van der Waals surface area (Å²) in [6.45, 7) is 4.99. The number of aryl methyl sites for hydroxylation is 1. The maximum atomic E-state index is 12.6. The monoisotopic (exact) mass is 453 g/mol. The van der Waals surface area contributed by atoms with Crippen LogP contribution < -0.4 is 16.0 Å². The molecule has 2 aliphatic rings. The van der Waals surface area contributed by atoms with Crippen LogP contribution in [0, 0.1) is 12.8 Å². The molecule has 8 nitrogen and oxygen atoms in total. The molecule has 1 aromatic carbocycles. The van der Waals surface area contributed by atoms with E-state index >= 15 is 0 Å². The van der Waals surface area contributed by atoms with E-state index in [1.807, 2.05) is 37.3 Å². The van der Waals surface area contributed by atoms with Gasteiger partial charge in [-0.15, -0.1) is 0 Å². The van der Waals surface area contributed by atoms with Gasteiger partial charge >= 0.3 is 6.03 Å². The number of pyridine rings is 1. The number of anilines is 1. The highest BCUT2D eigenvalue weighted by Gasteiger charge is 2.29. The van der Waals surface area contributed by atoms with Crippen LogP contribution in [0.3, 0.4) is 0 Å². The number of hydrogen-bond donors (Lipinski definition) is 3. The number of likely N-dealkylation sites (tertiary alicyclic amines) is 1. The second-order valence-electron chi connectivity index (χ2n) is 9.21. The number of rotatable bonds is 7. The molecule has 1 saturated carbocycles. The Bertz CT molecular complexity index is 974. The average Bonchev–Trinajstić information content (AvgIpc) is 3.26. The molecule has 0 spiro atoms. The molecule has 1 aliphatic heterocycles. The van der Waals surface area contributed by atoms with Gasteiger partial charge in [0, 0.05) is 56.3 Å². The molecule has 3 amide bonds. The fourth-order valence-corrected chi connectivity index (χ4v) is 4.94. The van der Waals surface area contributed by atoms with Crippen molar-refractivity contribution >= 4 is 28.5 Å². The van der Waals surface area contributed by atoms with Gasteiger partial charge in [-0.2, -0.15) is 0 Å². The van der Waals surface area contributed by atoms with Gasteiger partial charge in [-0.05, 0) is 51.2 Å². The molecule has 178 valence electrons. The highest BCUT2D eigenvalue weighted by molar-refractivity contribution is 6.00. The van der Waals surface area contributed by atoms with Crippen molar-refractivity contribution < 1.29 is 14.3 Å². The Balaban J connectivity index is 1.17. The maximum Gasteiger partial charge on any atom is 0.319 e. The van der Waals surface area contributed by atoms with Crippen LogP contribution >= 0.6 is 0 Å². The van der Waals surface area contributed by atoms with Crippen LogP contribution in [0.1, 0.15) is 37.8 Å². The number of ether oxygens (including phenoxy) is 1. The van der Waals surface area contributed by atoms with E-state index in [0.717, 1.165) is 74.0 Å². The first-order valence-corrected chi connectivity index (χ1v) is 12.0. The average molecular weight is 454 g/mol. The van der Waals surface area contributed by atoms with E-state index in [0.29, 0.717) is 12.6 Å². The summed E-state index contributed by atoms with van der Waals surface area (Å²) in [6.07, 6.45) is 5.01. The van der Waals surface area contributed by atoms with E-state index in [1.54, 1.807) is 7.11 Å². The first-order chi connectivity index (χ1) is 16.0. The fraction of sp³-hybridized carbons (Fsp3) is 0.560. The molecule has 0 bridgehead atoms. The third kappa shape index (κ3) is 6.21. The van der Waals surface area contributed by atoms with Crippen molar-refractivity contribution in [2.45, 2.75) is 51.2 Å². The Morgan fingerprint density at radius 1 is 1.15 bits per heavy atom. The second-order valence-corrected chi connectivity index (χ2v) is 9.21. The van der Waals surface area contributed by atoms with Crippen molar-refractivity contribution in [2.75, 3.05) is 38.6 Å². The lowest BCUT2D eigenvalue weighted by Gasteiger charge is -2.27. The number of methoxy groups -OCH3 is 1. The summed E-state index contributed by atoms with van der Waals surface area (Å²) in [5.74, 6) is 0.303. The number of fused-ring (bicyclic) bond motifs is 1. The number of urea groups is 1. The quantitative estimate of drug-likeness (QED) is 0.599. The van der Waals surface area contributed by atoms with Crippen LogP contribution in [-0.4, -0.2) is 67.3 Å². The molecule has 4 rings (SSSR count). The van der Waals surface area contributed by atoms with Gasteiger partial charge in [0.1, 0.15) is 0 Å². The zero-order valence-electron chi connectivity index (χ0n) is 19.6. The summed E-state index contributed by atoms with van der Waals surface area (Å²) in [4.78, 5) is 31.9. The predicted molar refractivity (Wildman–Crippen MR) is 129 cm³/mol. The molecule has 1 aliphatic carbocycles. The number of benzene rings is 1. The van der Waals surface area contributed by atoms with Gasteiger partial charge < -0.3 is 20.7 Å². The zero-order chi connectivity index (χ0) is 23.2. The third-order valence-corrected chi connectivity index (χ3v) is 6.80. The minimum atomic E-state index is -0.221. The predicted octanol–water partition coefficient (Wildman–Crippen LogP) is 3.06. The van der Waals surface area contributed by atoms with Gasteiger partial charge in [-0.25, -0.2) is 4.79 Å². The Kier molecular flexibility index (Phi) is 7.77. The highest BCUT2D eigenvalue weighted by atomic mass is 16.5. The molecule has 1 unspecified atom stereocenters. The fourth-order valence-electron chi connectivity index (χ4n) is 4.94. The van der Waals surface area contributed by atoms with Gasteiger partial charge in [-0.3, -0.25) is 14.7 Å². The molecule has 2 aromatic rings. The minimum absolute atomic E-state index is 0.115. The topological polar surface area (TPSA) is 95.6 Å². The lowest BCUT2D eigenvalue weighted by molar-refractivity contribution is -0.127. The van der Waals surface area contributed by atoms with Crippen molar-refractivity contribution in [2.24, 2.45) is 5.92 Å². The molecule has 1 atom stereocenters. The summed E-state index contributed by atoms with van der Waals surface area (Å²) in [5.41, 5.74) is 2.49. The van der Waals surface area contributed by atoms with Crippen LogP contribution in [0.25, 0.3) is 10.9 Å². The van der Waals surface area contributed by atoms with Gasteiger partial charge in [0.25, 0.3) is 0 Å². The largest absolute Gasteiger partial charge is 0.381 e. The normalized spacial score (nSPS) is 23.4. The first kappa shape index (κ1) is 23.4. The third-order valence-electron chi connectivity index (χ3n) is 6.80. The van der Waals surface area contributed by atoms with Crippen LogP contribution in [0.4, 0.5) is 10.5 Å². The van der Waals surface area contributed by atoms with E-state index in [-0.39, 0.29) is 23.9 Å². The number of amides is 3. The zero-order valence-corrected chi connectivity index (χ0v) is 19.6. The maximum absolute atomic E-state index is 12.6. The van der Waals surface area contributed by atoms with Crippen molar-refractivity contribution in [3.05, 3.63) is 36.0 Å². The smallest absolute Gasteiger partial charge is 0.319 e. The summed E-state index contributed by atoms with van der Waals surface area (Å²) in [5, 5.41) is 10.1. The molecule has 33 heavy (non-hydrogen) atoms. The van der Waals surface area contributed by atoms with E-state index < -0.39 is 0 Å². The first-order valence-electron chi connectivity index (χ1n) is 12.0. The molecule has 2 heterocycles. The SMILES string of the molecule is COC1CCC(C(=O)NC2CCN(CCNC(=O)Nc3cc(C)nc4ccccc34)C2)CC1. The number of nitrogens with one attached hydrogen (secondary N) is 3. The summed E-state index contributed by atoms with van der Waals surface area (Å²) < 4.78 is 5.40. The molecule has 3 N–H and O–H groups in total. The van der Waals surface area contributed by atoms with Gasteiger partial charge in [-0.1, -0.05) is 18.2 Å². The number of carbonyl (C=O) groups is 2. The van der Waals surface area contributed by atoms with Crippen molar-refractivity contribution in [1.29, 1.82) is 0 Å². The van der Waals surface area contributed by atoms with E-state index in [9.17, 15) is 9.59 Å². The number of aromatic nitrogens is 1. The highest BCUT2D eigenvalue weighted by Crippen LogP contribution is 2.26.